The molecule has 0 saturated carbocycles. The Labute approximate surface area is 127 Å². The molecule has 22 heavy (non-hydrogen) atoms. The molecule has 1 saturated heterocycles. The summed E-state index contributed by atoms with van der Waals surface area (Å²) in [4.78, 5) is 28.8. The molecule has 1 unspecified atom stereocenters. The lowest BCUT2D eigenvalue weighted by molar-refractivity contribution is -0.125. The first-order valence-corrected chi connectivity index (χ1v) is 6.97. The molecule has 1 N–H and O–H groups in total. The number of aromatic nitrogens is 2. The quantitative estimate of drug-likeness (QED) is 0.848. The average molecular weight is 300 g/mol. The Bertz CT molecular complexity index is 706. The van der Waals surface area contributed by atoms with Crippen molar-refractivity contribution in [3.05, 3.63) is 29.8 Å². The molecule has 0 spiro atoms. The molecular weight excluding hydrogens is 284 g/mol. The smallest absolute Gasteiger partial charge is 0.265 e. The van der Waals surface area contributed by atoms with E-state index >= 15 is 0 Å². The highest BCUT2D eigenvalue weighted by molar-refractivity contribution is 6.03. The van der Waals surface area contributed by atoms with E-state index in [4.69, 9.17) is 4.52 Å². The number of nitrogens with zero attached hydrogens (tertiary/aromatic N) is 3. The molecular formula is C15H16N4O3. The minimum Gasteiger partial charge on any atom is -0.344 e. The summed E-state index contributed by atoms with van der Waals surface area (Å²) in [6, 6.07) is 7.56. The Morgan fingerprint density at radius 1 is 1.27 bits per heavy atom. The molecule has 2 aromatic rings. The molecule has 1 aromatic carbocycles. The third kappa shape index (κ3) is 2.83. The van der Waals surface area contributed by atoms with E-state index in [1.54, 1.807) is 4.90 Å². The topological polar surface area (TPSA) is 88.3 Å². The van der Waals surface area contributed by atoms with Crippen LogP contribution in [0.15, 0.2) is 28.8 Å². The Kier molecular flexibility index (Phi) is 3.62. The molecule has 1 aliphatic heterocycles. The van der Waals surface area contributed by atoms with Gasteiger partial charge < -0.3 is 9.42 Å². The van der Waals surface area contributed by atoms with Gasteiger partial charge in [0.2, 0.25) is 11.8 Å². The van der Waals surface area contributed by atoms with Crippen LogP contribution < -0.4 is 10.2 Å². The zero-order chi connectivity index (χ0) is 15.7. The van der Waals surface area contributed by atoms with E-state index in [1.165, 1.54) is 0 Å². The first-order chi connectivity index (χ1) is 10.5. The van der Waals surface area contributed by atoms with E-state index in [2.05, 4.69) is 15.5 Å². The van der Waals surface area contributed by atoms with Crippen molar-refractivity contribution in [3.63, 3.8) is 0 Å². The summed E-state index contributed by atoms with van der Waals surface area (Å²) in [5, 5.41) is 6.19. The summed E-state index contributed by atoms with van der Waals surface area (Å²) in [5.74, 6) is 0.293. The fourth-order valence-corrected chi connectivity index (χ4v) is 2.35. The van der Waals surface area contributed by atoms with Gasteiger partial charge in [-0.15, -0.1) is 0 Å². The van der Waals surface area contributed by atoms with E-state index in [9.17, 15) is 9.59 Å². The minimum absolute atomic E-state index is 0.193. The van der Waals surface area contributed by atoms with Crippen LogP contribution in [0.4, 0.5) is 5.95 Å². The second-order valence-corrected chi connectivity index (χ2v) is 5.51. The Morgan fingerprint density at radius 2 is 2.00 bits per heavy atom. The number of carbonyl (C=O) groups is 2. The summed E-state index contributed by atoms with van der Waals surface area (Å²) < 4.78 is 5.20. The number of carbonyl (C=O) groups excluding carboxylic acids is 2. The normalized spacial score (nSPS) is 17.6. The van der Waals surface area contributed by atoms with Crippen LogP contribution >= 0.6 is 0 Å². The first-order valence-electron chi connectivity index (χ1n) is 6.97. The highest BCUT2D eigenvalue weighted by atomic mass is 16.5. The molecule has 1 aliphatic rings. The van der Waals surface area contributed by atoms with Gasteiger partial charge in [-0.25, -0.2) is 0 Å². The fraction of sp³-hybridized carbons (Fsp3) is 0.333. The zero-order valence-electron chi connectivity index (χ0n) is 12.4. The van der Waals surface area contributed by atoms with Crippen molar-refractivity contribution in [2.75, 3.05) is 19.0 Å². The maximum Gasteiger partial charge on any atom is 0.265 e. The van der Waals surface area contributed by atoms with Crippen LogP contribution in [-0.2, 0) is 16.0 Å². The molecule has 0 bridgehead atoms. The minimum atomic E-state index is -0.276. The van der Waals surface area contributed by atoms with E-state index in [-0.39, 0.29) is 24.2 Å². The van der Waals surface area contributed by atoms with Gasteiger partial charge in [0.15, 0.2) is 0 Å². The van der Waals surface area contributed by atoms with Gasteiger partial charge >= 0.3 is 0 Å². The summed E-state index contributed by atoms with van der Waals surface area (Å²) in [6.07, 6.45) is 0.807. The van der Waals surface area contributed by atoms with Crippen LogP contribution in [0.3, 0.4) is 0 Å². The number of imide groups is 1. The van der Waals surface area contributed by atoms with Crippen LogP contribution in [0.5, 0.6) is 0 Å². The predicted molar refractivity (Wildman–Crippen MR) is 79.0 cm³/mol. The van der Waals surface area contributed by atoms with Crippen LogP contribution in [-0.4, -0.2) is 36.1 Å². The highest BCUT2D eigenvalue weighted by Gasteiger charge is 2.30. The zero-order valence-corrected chi connectivity index (χ0v) is 12.4. The van der Waals surface area contributed by atoms with Crippen LogP contribution in [0, 0.1) is 5.92 Å². The van der Waals surface area contributed by atoms with E-state index in [1.807, 2.05) is 38.4 Å². The summed E-state index contributed by atoms with van der Waals surface area (Å²) >= 11 is 0. The molecule has 1 fully saturated rings. The van der Waals surface area contributed by atoms with E-state index in [0.29, 0.717) is 18.3 Å². The van der Waals surface area contributed by atoms with Gasteiger partial charge in [0, 0.05) is 26.1 Å². The predicted octanol–water partition coefficient (Wildman–Crippen LogP) is 1.01. The monoisotopic (exact) mass is 300 g/mol. The molecule has 1 aromatic heterocycles. The van der Waals surface area contributed by atoms with Crippen molar-refractivity contribution in [2.24, 2.45) is 5.92 Å². The molecule has 2 amide bonds. The molecule has 1 atom stereocenters. The third-order valence-corrected chi connectivity index (χ3v) is 3.56. The molecule has 3 rings (SSSR count). The van der Waals surface area contributed by atoms with E-state index in [0.717, 1.165) is 11.1 Å². The lowest BCUT2D eigenvalue weighted by atomic mass is 9.97. The van der Waals surface area contributed by atoms with Crippen molar-refractivity contribution in [3.8, 4) is 11.5 Å². The average Bonchev–Trinajstić information content (AvgIpc) is 3.07. The highest BCUT2D eigenvalue weighted by Crippen LogP contribution is 2.22. The van der Waals surface area contributed by atoms with Gasteiger partial charge in [-0.2, -0.15) is 4.98 Å². The number of hydrogen-bond acceptors (Lipinski definition) is 6. The van der Waals surface area contributed by atoms with Crippen molar-refractivity contribution in [2.45, 2.75) is 12.8 Å². The standard InChI is InChI=1S/C15H16N4O3/c1-19(2)15-17-14(22-18-15)10-5-3-9(4-6-10)7-11-8-12(20)16-13(11)21/h3-6,11H,7-8H2,1-2H3,(H,16,20,21). The maximum absolute atomic E-state index is 11.6. The summed E-state index contributed by atoms with van der Waals surface area (Å²) in [6.45, 7) is 0. The van der Waals surface area contributed by atoms with Crippen molar-refractivity contribution in [1.29, 1.82) is 0 Å². The number of benzene rings is 1. The number of nitrogens with one attached hydrogen (secondary N) is 1. The maximum atomic E-state index is 11.6. The summed E-state index contributed by atoms with van der Waals surface area (Å²) in [7, 11) is 3.68. The van der Waals surface area contributed by atoms with Crippen molar-refractivity contribution >= 4 is 17.8 Å². The van der Waals surface area contributed by atoms with Gasteiger partial charge in [-0.3, -0.25) is 14.9 Å². The third-order valence-electron chi connectivity index (χ3n) is 3.56. The van der Waals surface area contributed by atoms with E-state index < -0.39 is 0 Å². The Hall–Kier alpha value is -2.70. The Morgan fingerprint density at radius 3 is 2.55 bits per heavy atom. The van der Waals surface area contributed by atoms with Crippen molar-refractivity contribution < 1.29 is 14.1 Å². The number of anilines is 1. The van der Waals surface area contributed by atoms with Gasteiger partial charge in [-0.1, -0.05) is 12.1 Å². The largest absolute Gasteiger partial charge is 0.344 e. The number of rotatable bonds is 4. The van der Waals surface area contributed by atoms with Gasteiger partial charge in [0.25, 0.3) is 11.8 Å². The van der Waals surface area contributed by atoms with Crippen molar-refractivity contribution in [1.82, 2.24) is 15.5 Å². The molecule has 0 radical (unpaired) electrons. The molecule has 2 heterocycles. The lowest BCUT2D eigenvalue weighted by Crippen LogP contribution is -2.22. The number of hydrogen-bond donors (Lipinski definition) is 1. The second kappa shape index (κ2) is 5.59. The van der Waals surface area contributed by atoms with Crippen LogP contribution in [0.1, 0.15) is 12.0 Å². The van der Waals surface area contributed by atoms with Gasteiger partial charge in [0.1, 0.15) is 0 Å². The first kappa shape index (κ1) is 14.2. The molecule has 0 aliphatic carbocycles. The second-order valence-electron chi connectivity index (χ2n) is 5.51. The summed E-state index contributed by atoms with van der Waals surface area (Å²) in [5.41, 5.74) is 1.81. The molecule has 7 nitrogen and oxygen atoms in total. The molecule has 7 heteroatoms. The molecule has 114 valence electrons. The van der Waals surface area contributed by atoms with Gasteiger partial charge in [-0.05, 0) is 29.3 Å². The van der Waals surface area contributed by atoms with Crippen LogP contribution in [0.2, 0.25) is 0 Å². The SMILES string of the molecule is CN(C)c1noc(-c2ccc(CC3CC(=O)NC3=O)cc2)n1. The van der Waals surface area contributed by atoms with Gasteiger partial charge in [0.05, 0.1) is 5.92 Å². The lowest BCUT2D eigenvalue weighted by Gasteiger charge is -2.06. The Balaban J connectivity index is 1.72. The van der Waals surface area contributed by atoms with Crippen LogP contribution in [0.25, 0.3) is 11.5 Å². The fourth-order valence-electron chi connectivity index (χ4n) is 2.35. The number of amides is 2.